The first-order valence-electron chi connectivity index (χ1n) is 8.41. The van der Waals surface area contributed by atoms with E-state index >= 15 is 0 Å². The Kier molecular flexibility index (Phi) is 6.55. The second-order valence-electron chi connectivity index (χ2n) is 6.32. The minimum Gasteiger partial charge on any atom is -0.344 e. The summed E-state index contributed by atoms with van der Waals surface area (Å²) in [6, 6.07) is 6.25. The Morgan fingerprint density at radius 1 is 1.04 bits per heavy atom. The van der Waals surface area contributed by atoms with E-state index in [1.807, 2.05) is 0 Å². The van der Waals surface area contributed by atoms with Crippen LogP contribution in [0.25, 0.3) is 0 Å². The summed E-state index contributed by atoms with van der Waals surface area (Å²) in [4.78, 5) is 26.0. The quantitative estimate of drug-likeness (QED) is 0.803. The van der Waals surface area contributed by atoms with Crippen LogP contribution in [0.3, 0.4) is 0 Å². The molecule has 1 fully saturated rings. The molecule has 0 unspecified atom stereocenters. The minimum atomic E-state index is -3.47. The average molecular weight is 367 g/mol. The third kappa shape index (κ3) is 5.02. The molecule has 138 valence electrons. The predicted molar refractivity (Wildman–Crippen MR) is 94.2 cm³/mol. The number of nitrogens with one attached hydrogen (secondary N) is 1. The van der Waals surface area contributed by atoms with Gasteiger partial charge in [-0.15, -0.1) is 0 Å². The summed E-state index contributed by atoms with van der Waals surface area (Å²) in [7, 11) is -0.531. The lowest BCUT2D eigenvalue weighted by Crippen LogP contribution is -2.43. The molecule has 1 aliphatic rings. The molecule has 25 heavy (non-hydrogen) atoms. The Morgan fingerprint density at radius 3 is 2.12 bits per heavy atom. The second-order valence-corrected chi connectivity index (χ2v) is 8.47. The van der Waals surface area contributed by atoms with Gasteiger partial charge >= 0.3 is 11.8 Å². The normalized spacial score (nSPS) is 15.7. The molecule has 1 heterocycles. The lowest BCUT2D eigenvalue weighted by Gasteiger charge is -2.19. The Morgan fingerprint density at radius 2 is 1.60 bits per heavy atom. The van der Waals surface area contributed by atoms with Crippen molar-refractivity contribution in [2.24, 2.45) is 0 Å². The second kappa shape index (κ2) is 8.44. The zero-order valence-corrected chi connectivity index (χ0v) is 15.5. The summed E-state index contributed by atoms with van der Waals surface area (Å²) in [6.45, 7) is 1.44. The van der Waals surface area contributed by atoms with Crippen molar-refractivity contribution in [3.05, 3.63) is 29.8 Å². The SMILES string of the molecule is CN(C)S(=O)(=O)c1ccc(CNC(=O)C(=O)N2CCCCCC2)cc1. The molecule has 2 amide bonds. The number of rotatable bonds is 4. The fourth-order valence-electron chi connectivity index (χ4n) is 2.67. The van der Waals surface area contributed by atoms with E-state index in [4.69, 9.17) is 0 Å². The molecule has 0 aromatic heterocycles. The Bertz CT molecular complexity index is 706. The van der Waals surface area contributed by atoms with Crippen LogP contribution in [0.2, 0.25) is 0 Å². The maximum atomic E-state index is 12.2. The van der Waals surface area contributed by atoms with E-state index in [9.17, 15) is 18.0 Å². The Labute approximate surface area is 149 Å². The van der Waals surface area contributed by atoms with E-state index in [0.717, 1.165) is 35.6 Å². The van der Waals surface area contributed by atoms with Crippen LogP contribution in [0, 0.1) is 0 Å². The van der Waals surface area contributed by atoms with E-state index in [-0.39, 0.29) is 11.4 Å². The van der Waals surface area contributed by atoms with Gasteiger partial charge < -0.3 is 10.2 Å². The minimum absolute atomic E-state index is 0.181. The van der Waals surface area contributed by atoms with Crippen LogP contribution in [0.4, 0.5) is 0 Å². The van der Waals surface area contributed by atoms with E-state index in [0.29, 0.717) is 13.1 Å². The molecule has 2 rings (SSSR count). The van der Waals surface area contributed by atoms with Gasteiger partial charge in [0.15, 0.2) is 0 Å². The van der Waals surface area contributed by atoms with Crippen molar-refractivity contribution in [2.45, 2.75) is 37.1 Å². The maximum Gasteiger partial charge on any atom is 0.311 e. The van der Waals surface area contributed by atoms with Crippen molar-refractivity contribution in [2.75, 3.05) is 27.2 Å². The van der Waals surface area contributed by atoms with Gasteiger partial charge in [-0.2, -0.15) is 0 Å². The van der Waals surface area contributed by atoms with E-state index in [2.05, 4.69) is 5.32 Å². The molecule has 0 radical (unpaired) electrons. The van der Waals surface area contributed by atoms with Crippen LogP contribution in [0.15, 0.2) is 29.2 Å². The van der Waals surface area contributed by atoms with Gasteiger partial charge in [0.2, 0.25) is 10.0 Å². The van der Waals surface area contributed by atoms with Gasteiger partial charge in [-0.1, -0.05) is 25.0 Å². The van der Waals surface area contributed by atoms with Gasteiger partial charge in [-0.05, 0) is 30.5 Å². The fourth-order valence-corrected chi connectivity index (χ4v) is 3.57. The van der Waals surface area contributed by atoms with Crippen LogP contribution in [-0.4, -0.2) is 56.6 Å². The number of carbonyl (C=O) groups excluding carboxylic acids is 2. The number of hydrogen-bond acceptors (Lipinski definition) is 4. The highest BCUT2D eigenvalue weighted by Crippen LogP contribution is 2.14. The summed E-state index contributed by atoms with van der Waals surface area (Å²) in [5, 5.41) is 2.61. The number of hydrogen-bond donors (Lipinski definition) is 1. The largest absolute Gasteiger partial charge is 0.344 e. The molecule has 1 aromatic carbocycles. The van der Waals surface area contributed by atoms with Gasteiger partial charge in [0, 0.05) is 33.7 Å². The van der Waals surface area contributed by atoms with E-state index < -0.39 is 21.8 Å². The molecule has 1 aliphatic heterocycles. The average Bonchev–Trinajstić information content (AvgIpc) is 2.88. The van der Waals surface area contributed by atoms with Gasteiger partial charge in [0.1, 0.15) is 0 Å². The van der Waals surface area contributed by atoms with Crippen molar-refractivity contribution >= 4 is 21.8 Å². The molecular weight excluding hydrogens is 342 g/mol. The highest BCUT2D eigenvalue weighted by Gasteiger charge is 2.22. The molecule has 0 aliphatic carbocycles. The maximum absolute atomic E-state index is 12.2. The van der Waals surface area contributed by atoms with Crippen molar-refractivity contribution in [3.8, 4) is 0 Å². The molecular formula is C17H25N3O4S. The van der Waals surface area contributed by atoms with Gasteiger partial charge in [0.25, 0.3) is 0 Å². The molecule has 0 spiro atoms. The zero-order valence-electron chi connectivity index (χ0n) is 14.7. The number of sulfonamides is 1. The molecule has 7 nitrogen and oxygen atoms in total. The third-order valence-corrected chi connectivity index (χ3v) is 6.07. The topological polar surface area (TPSA) is 86.8 Å². The monoisotopic (exact) mass is 367 g/mol. The van der Waals surface area contributed by atoms with Gasteiger partial charge in [-0.3, -0.25) is 9.59 Å². The summed E-state index contributed by atoms with van der Waals surface area (Å²) in [5.74, 6) is -1.11. The van der Waals surface area contributed by atoms with E-state index in [1.165, 1.54) is 26.2 Å². The number of amides is 2. The van der Waals surface area contributed by atoms with E-state index in [1.54, 1.807) is 17.0 Å². The molecule has 0 saturated carbocycles. The lowest BCUT2D eigenvalue weighted by molar-refractivity contribution is -0.145. The van der Waals surface area contributed by atoms with Crippen LogP contribution in [0.5, 0.6) is 0 Å². The standard InChI is InChI=1S/C17H25N3O4S/c1-19(2)25(23,24)15-9-7-14(8-10-15)13-18-16(21)17(22)20-11-5-3-4-6-12-20/h7-10H,3-6,11-13H2,1-2H3,(H,18,21). The molecule has 1 saturated heterocycles. The zero-order chi connectivity index (χ0) is 18.4. The van der Waals surface area contributed by atoms with Crippen LogP contribution in [-0.2, 0) is 26.2 Å². The van der Waals surface area contributed by atoms with Crippen molar-refractivity contribution < 1.29 is 18.0 Å². The number of benzene rings is 1. The fraction of sp³-hybridized carbons (Fsp3) is 0.529. The number of nitrogens with zero attached hydrogens (tertiary/aromatic N) is 2. The first kappa shape index (κ1) is 19.4. The number of likely N-dealkylation sites (tertiary alicyclic amines) is 1. The highest BCUT2D eigenvalue weighted by atomic mass is 32.2. The summed E-state index contributed by atoms with van der Waals surface area (Å²) in [5.41, 5.74) is 0.731. The van der Waals surface area contributed by atoms with Crippen molar-refractivity contribution in [1.82, 2.24) is 14.5 Å². The molecule has 8 heteroatoms. The van der Waals surface area contributed by atoms with Gasteiger partial charge in [-0.25, -0.2) is 12.7 Å². The summed E-state index contributed by atoms with van der Waals surface area (Å²) >= 11 is 0. The summed E-state index contributed by atoms with van der Waals surface area (Å²) in [6.07, 6.45) is 4.04. The molecule has 0 bridgehead atoms. The lowest BCUT2D eigenvalue weighted by atomic mass is 10.2. The first-order valence-corrected chi connectivity index (χ1v) is 9.85. The van der Waals surface area contributed by atoms with Crippen molar-refractivity contribution in [3.63, 3.8) is 0 Å². The van der Waals surface area contributed by atoms with Crippen LogP contribution >= 0.6 is 0 Å². The van der Waals surface area contributed by atoms with Crippen LogP contribution < -0.4 is 5.32 Å². The van der Waals surface area contributed by atoms with Crippen molar-refractivity contribution in [1.29, 1.82) is 0 Å². The molecule has 1 aromatic rings. The van der Waals surface area contributed by atoms with Gasteiger partial charge in [0.05, 0.1) is 4.90 Å². The Balaban J connectivity index is 1.92. The predicted octanol–water partition coefficient (Wildman–Crippen LogP) is 0.956. The Hall–Kier alpha value is -1.93. The van der Waals surface area contributed by atoms with Crippen LogP contribution in [0.1, 0.15) is 31.2 Å². The smallest absolute Gasteiger partial charge is 0.311 e. The third-order valence-electron chi connectivity index (χ3n) is 4.24. The summed E-state index contributed by atoms with van der Waals surface area (Å²) < 4.78 is 25.2. The molecule has 0 atom stereocenters. The molecule has 1 N–H and O–H groups in total. The number of carbonyl (C=O) groups is 2. The highest BCUT2D eigenvalue weighted by molar-refractivity contribution is 7.89. The first-order chi connectivity index (χ1) is 11.8.